The van der Waals surface area contributed by atoms with Crippen LogP contribution in [-0.4, -0.2) is 34.7 Å². The van der Waals surface area contributed by atoms with Gasteiger partial charge in [-0.15, -0.1) is 0 Å². The van der Waals surface area contributed by atoms with E-state index in [0.717, 1.165) is 0 Å². The van der Waals surface area contributed by atoms with Gasteiger partial charge in [-0.1, -0.05) is 32.9 Å². The summed E-state index contributed by atoms with van der Waals surface area (Å²) in [6, 6.07) is 7.35. The summed E-state index contributed by atoms with van der Waals surface area (Å²) in [4.78, 5) is 0. The number of rotatable bonds is 0. The predicted molar refractivity (Wildman–Crippen MR) is 55.1 cm³/mol. The summed E-state index contributed by atoms with van der Waals surface area (Å²) < 4.78 is 0. The van der Waals surface area contributed by atoms with Crippen LogP contribution < -0.4 is 0 Å². The summed E-state index contributed by atoms with van der Waals surface area (Å²) in [6.45, 7) is 6.46. The third kappa shape index (κ3) is 3.18. The predicted octanol–water partition coefficient (Wildman–Crippen LogP) is 2.15. The number of benzene rings is 1. The van der Waals surface area contributed by atoms with Crippen LogP contribution in [0.5, 0.6) is 5.75 Å². The summed E-state index contributed by atoms with van der Waals surface area (Å²) in [6.07, 6.45) is 0. The standard InChI is InChI=1S/C10H14O.Na.H/c1-10(2,3)8-4-6-9(11)7-5-8;;/h4-7,11H,1-3H3;;/p+1. The van der Waals surface area contributed by atoms with Crippen molar-refractivity contribution in [3.63, 3.8) is 0 Å². The van der Waals surface area contributed by atoms with Gasteiger partial charge in [-0.25, -0.2) is 0 Å². The van der Waals surface area contributed by atoms with E-state index in [-0.39, 0.29) is 36.4 Å². The summed E-state index contributed by atoms with van der Waals surface area (Å²) in [7, 11) is 0. The Morgan fingerprint density at radius 2 is 1.50 bits per heavy atom. The maximum atomic E-state index is 9.02. The fourth-order valence-corrected chi connectivity index (χ4v) is 0.961. The van der Waals surface area contributed by atoms with Crippen LogP contribution in [0.3, 0.4) is 0 Å². The molecule has 1 nitrogen and oxygen atoms in total. The average molecular weight is 175 g/mol. The molecule has 1 aromatic rings. The van der Waals surface area contributed by atoms with Crippen molar-refractivity contribution in [3.05, 3.63) is 29.8 Å². The molecule has 0 amide bonds. The second-order valence-corrected chi connectivity index (χ2v) is 3.80. The van der Waals surface area contributed by atoms with Crippen molar-refractivity contribution in [3.8, 4) is 5.75 Å². The molecule has 0 aliphatic heterocycles. The van der Waals surface area contributed by atoms with E-state index in [1.165, 1.54) is 5.56 Å². The molecule has 0 heterocycles. The van der Waals surface area contributed by atoms with Gasteiger partial charge in [0, 0.05) is 0 Å². The van der Waals surface area contributed by atoms with Crippen molar-refractivity contribution >= 4 is 29.6 Å². The Morgan fingerprint density at radius 1 is 1.08 bits per heavy atom. The van der Waals surface area contributed by atoms with Crippen molar-refractivity contribution in [2.75, 3.05) is 0 Å². The topological polar surface area (TPSA) is 20.2 Å². The molecule has 0 aromatic heterocycles. The molecule has 2 heteroatoms. The van der Waals surface area contributed by atoms with Gasteiger partial charge in [0.05, 0.1) is 0 Å². The Hall–Kier alpha value is 0.0200. The summed E-state index contributed by atoms with van der Waals surface area (Å²) >= 11 is 0. The Kier molecular flexibility index (Phi) is 4.32. The molecule has 0 radical (unpaired) electrons. The third-order valence-electron chi connectivity index (χ3n) is 1.73. The Labute approximate surface area is 97.6 Å². The molecule has 0 spiro atoms. The van der Waals surface area contributed by atoms with Gasteiger partial charge in [0.25, 0.3) is 0 Å². The van der Waals surface area contributed by atoms with Gasteiger partial charge in [0.1, 0.15) is 5.75 Å². The first-order chi connectivity index (χ1) is 5.00. The second kappa shape index (κ2) is 4.31. The van der Waals surface area contributed by atoms with E-state index in [0.29, 0.717) is 5.75 Å². The fraction of sp³-hybridized carbons (Fsp3) is 0.400. The van der Waals surface area contributed by atoms with Crippen LogP contribution in [0.2, 0.25) is 0 Å². The first-order valence-corrected chi connectivity index (χ1v) is 3.79. The van der Waals surface area contributed by atoms with Crippen LogP contribution in [0.25, 0.3) is 0 Å². The number of aromatic hydroxyl groups is 1. The van der Waals surface area contributed by atoms with Crippen LogP contribution in [0.1, 0.15) is 27.8 Å². The SMILES string of the molecule is CC(C)(C)c1ccc(O)cc1.[H+].[NaH]. The second-order valence-electron chi connectivity index (χ2n) is 3.80. The minimum absolute atomic E-state index is 0. The summed E-state index contributed by atoms with van der Waals surface area (Å²) in [5.41, 5.74) is 1.42. The molecule has 1 N–H and O–H groups in total. The van der Waals surface area contributed by atoms with Crippen molar-refractivity contribution in [2.24, 2.45) is 0 Å². The molecule has 1 aromatic carbocycles. The number of hydrogen-bond acceptors (Lipinski definition) is 1. The Balaban J connectivity index is 0. The molecule has 0 aliphatic carbocycles. The van der Waals surface area contributed by atoms with Crippen LogP contribution in [-0.2, 0) is 5.41 Å². The Morgan fingerprint density at radius 3 is 1.83 bits per heavy atom. The van der Waals surface area contributed by atoms with Crippen LogP contribution in [0.4, 0.5) is 0 Å². The first kappa shape index (κ1) is 12.0. The molecular formula is C10H16NaO+. The zero-order valence-electron chi connectivity index (χ0n) is 8.26. The molecule has 0 fully saturated rings. The molecule has 0 bridgehead atoms. The third-order valence-corrected chi connectivity index (χ3v) is 1.73. The average Bonchev–Trinajstić information content (AvgIpc) is 1.86. The fourth-order valence-electron chi connectivity index (χ4n) is 0.961. The van der Waals surface area contributed by atoms with Gasteiger partial charge in [0.15, 0.2) is 0 Å². The molecule has 0 aliphatic rings. The van der Waals surface area contributed by atoms with Crippen molar-refractivity contribution in [2.45, 2.75) is 26.2 Å². The molecule has 12 heavy (non-hydrogen) atoms. The van der Waals surface area contributed by atoms with E-state index in [2.05, 4.69) is 20.8 Å². The van der Waals surface area contributed by atoms with Gasteiger partial charge in [-0.3, -0.25) is 0 Å². The Bertz CT molecular complexity index is 238. The van der Waals surface area contributed by atoms with E-state index in [4.69, 9.17) is 5.11 Å². The molecular weight excluding hydrogens is 159 g/mol. The molecule has 62 valence electrons. The zero-order chi connectivity index (χ0) is 8.48. The van der Waals surface area contributed by atoms with Crippen LogP contribution in [0.15, 0.2) is 24.3 Å². The molecule has 0 unspecified atom stereocenters. The normalized spacial score (nSPS) is 10.6. The number of phenolic OH excluding ortho intramolecular Hbond substituents is 1. The molecule has 0 saturated carbocycles. The van der Waals surface area contributed by atoms with E-state index in [9.17, 15) is 0 Å². The van der Waals surface area contributed by atoms with E-state index < -0.39 is 0 Å². The molecule has 0 atom stereocenters. The van der Waals surface area contributed by atoms with Gasteiger partial charge in [0.2, 0.25) is 0 Å². The van der Waals surface area contributed by atoms with Crippen molar-refractivity contribution in [1.82, 2.24) is 0 Å². The number of phenols is 1. The van der Waals surface area contributed by atoms with Crippen LogP contribution in [0, 0.1) is 0 Å². The molecule has 0 saturated heterocycles. The summed E-state index contributed by atoms with van der Waals surface area (Å²) in [5.74, 6) is 0.331. The van der Waals surface area contributed by atoms with E-state index in [1.54, 1.807) is 12.1 Å². The zero-order valence-corrected chi connectivity index (χ0v) is 7.26. The minimum atomic E-state index is 0. The van der Waals surface area contributed by atoms with Crippen molar-refractivity contribution in [1.29, 1.82) is 0 Å². The van der Waals surface area contributed by atoms with Gasteiger partial charge in [-0.2, -0.15) is 0 Å². The van der Waals surface area contributed by atoms with E-state index in [1.807, 2.05) is 12.1 Å². The monoisotopic (exact) mass is 175 g/mol. The van der Waals surface area contributed by atoms with Gasteiger partial charge >= 0.3 is 31.0 Å². The van der Waals surface area contributed by atoms with Crippen molar-refractivity contribution < 1.29 is 6.53 Å². The summed E-state index contributed by atoms with van der Waals surface area (Å²) in [5, 5.41) is 9.02. The maximum absolute atomic E-state index is 9.02. The molecule has 1 rings (SSSR count). The van der Waals surface area contributed by atoms with Crippen LogP contribution >= 0.6 is 0 Å². The quantitative estimate of drug-likeness (QED) is 0.599. The van der Waals surface area contributed by atoms with Gasteiger partial charge < -0.3 is 5.11 Å². The van der Waals surface area contributed by atoms with Gasteiger partial charge in [-0.05, 0) is 23.1 Å². The first-order valence-electron chi connectivity index (χ1n) is 3.79. The number of hydrogen-bond donors (Lipinski definition) is 1. The van der Waals surface area contributed by atoms with E-state index >= 15 is 0 Å².